The van der Waals surface area contributed by atoms with Gasteiger partial charge in [-0.2, -0.15) is 0 Å². The molecule has 0 amide bonds. The van der Waals surface area contributed by atoms with Crippen LogP contribution in [0.3, 0.4) is 0 Å². The van der Waals surface area contributed by atoms with Crippen LogP contribution in [0.5, 0.6) is 0 Å². The lowest BCUT2D eigenvalue weighted by molar-refractivity contribution is -0.184. The number of unbranched alkanes of at least 4 members (excludes halogenated alkanes) is 1. The standard InChI is InChI=1S/C35H48O7/c1-4-13-27(14-5-2)20-24-35(40)42-26(3)41-34(39)18-12-7-6-11-17-30-31(33(38)25-32(30)37)23-22-29(36)21-19-28-15-9-8-10-16-28/h1-2,6,8-11,15-16,26-27,29-33,36-38H,7,12-14,17-25H2,3H3/b11-6-/t26?,29-,30+,31+,32-,33+/m0/s1. The van der Waals surface area contributed by atoms with Gasteiger partial charge in [-0.25, -0.2) is 0 Å². The minimum atomic E-state index is -0.969. The van der Waals surface area contributed by atoms with E-state index < -0.39 is 36.5 Å². The maximum Gasteiger partial charge on any atom is 0.308 e. The molecular weight excluding hydrogens is 532 g/mol. The molecule has 0 aliphatic heterocycles. The number of terminal acetylenes is 2. The van der Waals surface area contributed by atoms with Crippen LogP contribution in [-0.4, -0.2) is 51.9 Å². The number of ether oxygens (including phenoxy) is 2. The lowest BCUT2D eigenvalue weighted by Crippen LogP contribution is -2.23. The first-order valence-electron chi connectivity index (χ1n) is 15.2. The molecule has 0 saturated heterocycles. The Bertz CT molecular complexity index is 1020. The van der Waals surface area contributed by atoms with Crippen molar-refractivity contribution < 1.29 is 34.4 Å². The maximum atomic E-state index is 12.1. The third-order valence-electron chi connectivity index (χ3n) is 7.95. The van der Waals surface area contributed by atoms with Crippen LogP contribution in [0.25, 0.3) is 0 Å². The molecular formula is C35H48O7. The molecule has 3 N–H and O–H groups in total. The van der Waals surface area contributed by atoms with Crippen LogP contribution < -0.4 is 0 Å². The zero-order chi connectivity index (χ0) is 30.7. The Balaban J connectivity index is 1.63. The van der Waals surface area contributed by atoms with Crippen LogP contribution >= 0.6 is 0 Å². The summed E-state index contributed by atoms with van der Waals surface area (Å²) in [5, 5.41) is 31.5. The van der Waals surface area contributed by atoms with Gasteiger partial charge < -0.3 is 24.8 Å². The van der Waals surface area contributed by atoms with Crippen molar-refractivity contribution >= 4 is 11.9 Å². The number of carbonyl (C=O) groups excluding carboxylic acids is 2. The lowest BCUT2D eigenvalue weighted by Gasteiger charge is -2.23. The largest absolute Gasteiger partial charge is 0.425 e. The van der Waals surface area contributed by atoms with E-state index in [0.717, 1.165) is 6.42 Å². The van der Waals surface area contributed by atoms with Gasteiger partial charge in [0, 0.05) is 32.6 Å². The number of rotatable bonds is 19. The lowest BCUT2D eigenvalue weighted by atomic mass is 9.85. The molecule has 1 fully saturated rings. The number of esters is 2. The molecule has 1 unspecified atom stereocenters. The van der Waals surface area contributed by atoms with Gasteiger partial charge in [0.25, 0.3) is 0 Å². The fourth-order valence-corrected chi connectivity index (χ4v) is 5.59. The van der Waals surface area contributed by atoms with Crippen molar-refractivity contribution in [1.29, 1.82) is 0 Å². The average molecular weight is 581 g/mol. The van der Waals surface area contributed by atoms with E-state index in [-0.39, 0.29) is 30.6 Å². The van der Waals surface area contributed by atoms with Crippen LogP contribution in [0.4, 0.5) is 0 Å². The molecule has 0 bridgehead atoms. The molecule has 6 atom stereocenters. The smallest absolute Gasteiger partial charge is 0.308 e. The Morgan fingerprint density at radius 2 is 1.60 bits per heavy atom. The highest BCUT2D eigenvalue weighted by molar-refractivity contribution is 5.71. The van der Waals surface area contributed by atoms with E-state index in [0.29, 0.717) is 64.2 Å². The van der Waals surface area contributed by atoms with Gasteiger partial charge in [-0.05, 0) is 81.1 Å². The number of hydrogen-bond donors (Lipinski definition) is 3. The van der Waals surface area contributed by atoms with Crippen molar-refractivity contribution in [2.45, 2.75) is 115 Å². The summed E-state index contributed by atoms with van der Waals surface area (Å²) < 4.78 is 10.4. The van der Waals surface area contributed by atoms with Gasteiger partial charge in [0.2, 0.25) is 6.29 Å². The second-order valence-corrected chi connectivity index (χ2v) is 11.3. The van der Waals surface area contributed by atoms with Crippen LogP contribution in [0.1, 0.15) is 89.5 Å². The van der Waals surface area contributed by atoms with Gasteiger partial charge in [-0.3, -0.25) is 9.59 Å². The van der Waals surface area contributed by atoms with Gasteiger partial charge in [0.15, 0.2) is 0 Å². The average Bonchev–Trinajstić information content (AvgIpc) is 3.23. The minimum Gasteiger partial charge on any atom is -0.425 e. The van der Waals surface area contributed by atoms with Crippen molar-refractivity contribution in [2.24, 2.45) is 17.8 Å². The van der Waals surface area contributed by atoms with Crippen LogP contribution in [0.2, 0.25) is 0 Å². The predicted octanol–water partition coefficient (Wildman–Crippen LogP) is 5.11. The molecule has 0 heterocycles. The highest BCUT2D eigenvalue weighted by Gasteiger charge is 2.40. The molecule has 1 aromatic rings. The van der Waals surface area contributed by atoms with Crippen molar-refractivity contribution in [3.63, 3.8) is 0 Å². The van der Waals surface area contributed by atoms with Crippen LogP contribution in [0, 0.1) is 42.4 Å². The van der Waals surface area contributed by atoms with Gasteiger partial charge in [-0.15, -0.1) is 24.7 Å². The predicted molar refractivity (Wildman–Crippen MR) is 162 cm³/mol. The molecule has 1 saturated carbocycles. The highest BCUT2D eigenvalue weighted by Crippen LogP contribution is 2.38. The first kappa shape index (κ1) is 35.1. The van der Waals surface area contributed by atoms with Gasteiger partial charge in [-0.1, -0.05) is 42.5 Å². The van der Waals surface area contributed by atoms with E-state index in [4.69, 9.17) is 22.3 Å². The van der Waals surface area contributed by atoms with E-state index in [1.807, 2.05) is 30.4 Å². The Hall–Kier alpha value is -3.10. The van der Waals surface area contributed by atoms with E-state index in [2.05, 4.69) is 24.0 Å². The number of allylic oxidation sites excluding steroid dienone is 2. The highest BCUT2D eigenvalue weighted by atomic mass is 16.7. The first-order valence-corrected chi connectivity index (χ1v) is 15.2. The minimum absolute atomic E-state index is 0.0595. The van der Waals surface area contributed by atoms with E-state index in [1.54, 1.807) is 0 Å². The summed E-state index contributed by atoms with van der Waals surface area (Å²) in [6.45, 7) is 1.51. The number of carbonyl (C=O) groups is 2. The summed E-state index contributed by atoms with van der Waals surface area (Å²) in [6, 6.07) is 10.1. The topological polar surface area (TPSA) is 113 Å². The molecule has 0 aromatic heterocycles. The second kappa shape index (κ2) is 19.9. The summed E-state index contributed by atoms with van der Waals surface area (Å²) >= 11 is 0. The number of aryl methyl sites for hydroxylation is 1. The Kier molecular flexibility index (Phi) is 16.6. The summed E-state index contributed by atoms with van der Waals surface area (Å²) in [5.74, 6) is 4.16. The fourth-order valence-electron chi connectivity index (χ4n) is 5.59. The second-order valence-electron chi connectivity index (χ2n) is 11.3. The monoisotopic (exact) mass is 580 g/mol. The van der Waals surface area contributed by atoms with Crippen molar-refractivity contribution in [1.82, 2.24) is 0 Å². The Morgan fingerprint density at radius 1 is 0.952 bits per heavy atom. The zero-order valence-corrected chi connectivity index (χ0v) is 24.9. The summed E-state index contributed by atoms with van der Waals surface area (Å²) in [5.41, 5.74) is 1.19. The molecule has 1 aromatic carbocycles. The summed E-state index contributed by atoms with van der Waals surface area (Å²) in [4.78, 5) is 24.2. The number of aliphatic hydroxyl groups is 3. The Labute approximate surface area is 251 Å². The van der Waals surface area contributed by atoms with Gasteiger partial charge in [0.05, 0.1) is 18.3 Å². The van der Waals surface area contributed by atoms with Crippen molar-refractivity contribution in [2.75, 3.05) is 0 Å². The normalized spacial score (nSPS) is 21.5. The molecule has 0 radical (unpaired) electrons. The van der Waals surface area contributed by atoms with Crippen LogP contribution in [-0.2, 0) is 25.5 Å². The quantitative estimate of drug-likeness (QED) is 0.0685. The molecule has 1 aliphatic carbocycles. The third-order valence-corrected chi connectivity index (χ3v) is 7.95. The zero-order valence-electron chi connectivity index (χ0n) is 24.9. The van der Waals surface area contributed by atoms with Crippen LogP contribution in [0.15, 0.2) is 42.5 Å². The fraction of sp³-hybridized carbons (Fsp3) is 0.600. The molecule has 2 rings (SSSR count). The summed E-state index contributed by atoms with van der Waals surface area (Å²) in [6.07, 6.45) is 18.9. The SMILES string of the molecule is C#CCC(CC#C)CCC(=O)OC(C)OC(=O)CCC/C=C\C[C@@H]1[C@@H](CC[C@@H](O)CCc2ccccc2)[C@H](O)C[C@@H]1O. The van der Waals surface area contributed by atoms with Gasteiger partial charge in [0.1, 0.15) is 0 Å². The Morgan fingerprint density at radius 3 is 2.26 bits per heavy atom. The first-order chi connectivity index (χ1) is 20.2. The van der Waals surface area contributed by atoms with E-state index in [9.17, 15) is 24.9 Å². The maximum absolute atomic E-state index is 12.1. The molecule has 7 nitrogen and oxygen atoms in total. The van der Waals surface area contributed by atoms with Gasteiger partial charge >= 0.3 is 11.9 Å². The molecule has 230 valence electrons. The van der Waals surface area contributed by atoms with Crippen molar-refractivity contribution in [3.8, 4) is 24.7 Å². The number of benzene rings is 1. The molecule has 7 heteroatoms. The molecule has 1 aliphatic rings. The molecule has 42 heavy (non-hydrogen) atoms. The number of hydrogen-bond acceptors (Lipinski definition) is 7. The van der Waals surface area contributed by atoms with Crippen molar-refractivity contribution in [3.05, 3.63) is 48.0 Å². The molecule has 0 spiro atoms. The van der Waals surface area contributed by atoms with E-state index >= 15 is 0 Å². The number of aliphatic hydroxyl groups excluding tert-OH is 3. The summed E-state index contributed by atoms with van der Waals surface area (Å²) in [7, 11) is 0. The van der Waals surface area contributed by atoms with E-state index in [1.165, 1.54) is 12.5 Å². The third kappa shape index (κ3) is 13.7.